The number of hydrogen-bond donors (Lipinski definition) is 3. The first kappa shape index (κ1) is 27.9. The first-order valence-corrected chi connectivity index (χ1v) is 12.0. The maximum Gasteiger partial charge on any atom is 0.408 e. The minimum absolute atomic E-state index is 0.0732. The van der Waals surface area contributed by atoms with Crippen molar-refractivity contribution in [3.63, 3.8) is 0 Å². The molecule has 1 heterocycles. The third-order valence-electron chi connectivity index (χ3n) is 5.51. The maximum absolute atomic E-state index is 12.0. The number of alkyl carbamates (subject to hydrolysis) is 1. The summed E-state index contributed by atoms with van der Waals surface area (Å²) in [6, 6.07) is 15.1. The zero-order valence-electron chi connectivity index (χ0n) is 21.1. The predicted octanol–water partition coefficient (Wildman–Crippen LogP) is 3.79. The summed E-state index contributed by atoms with van der Waals surface area (Å²) in [5.74, 6) is -2.98. The first-order valence-electron chi connectivity index (χ1n) is 12.0. The van der Waals surface area contributed by atoms with Crippen molar-refractivity contribution in [2.24, 2.45) is 5.92 Å². The van der Waals surface area contributed by atoms with Crippen molar-refractivity contribution in [2.45, 2.75) is 57.6 Å². The van der Waals surface area contributed by atoms with Crippen LogP contribution in [-0.4, -0.2) is 59.2 Å². The molecule has 0 aromatic heterocycles. The van der Waals surface area contributed by atoms with E-state index < -0.39 is 41.9 Å². The van der Waals surface area contributed by atoms with Crippen LogP contribution in [0.5, 0.6) is 5.75 Å². The molecule has 3 rings (SSSR count). The average molecular weight is 516 g/mol. The lowest BCUT2D eigenvalue weighted by Crippen LogP contribution is -2.45. The highest BCUT2D eigenvalue weighted by molar-refractivity contribution is 5.81. The number of benzene rings is 2. The van der Waals surface area contributed by atoms with Crippen LogP contribution in [0.3, 0.4) is 0 Å². The van der Waals surface area contributed by atoms with Crippen LogP contribution in [0, 0.1) is 5.92 Å². The van der Waals surface area contributed by atoms with Crippen LogP contribution in [-0.2, 0) is 30.2 Å². The summed E-state index contributed by atoms with van der Waals surface area (Å²) in [5.41, 5.74) is 0.800. The molecule has 1 aliphatic rings. The summed E-state index contributed by atoms with van der Waals surface area (Å²) in [5, 5.41) is 21.4. The second-order valence-corrected chi connectivity index (χ2v) is 9.81. The molecule has 0 aliphatic carbocycles. The van der Waals surface area contributed by atoms with E-state index in [1.54, 1.807) is 45.0 Å². The normalized spacial score (nSPS) is 19.3. The fourth-order valence-corrected chi connectivity index (χ4v) is 3.76. The summed E-state index contributed by atoms with van der Waals surface area (Å²) in [4.78, 5) is 35.5. The molecule has 1 aliphatic heterocycles. The molecule has 10 heteroatoms. The van der Waals surface area contributed by atoms with Crippen molar-refractivity contribution in [1.82, 2.24) is 5.32 Å². The fourth-order valence-electron chi connectivity index (χ4n) is 3.76. The second kappa shape index (κ2) is 12.6. The summed E-state index contributed by atoms with van der Waals surface area (Å²) < 4.78 is 22.5. The van der Waals surface area contributed by atoms with E-state index in [2.05, 4.69) is 5.32 Å². The number of nitrogens with one attached hydrogen (secondary N) is 1. The molecule has 0 radical (unpaired) electrons. The molecule has 1 saturated heterocycles. The van der Waals surface area contributed by atoms with Crippen LogP contribution in [0.25, 0.3) is 0 Å². The van der Waals surface area contributed by atoms with Gasteiger partial charge in [-0.1, -0.05) is 42.5 Å². The fraction of sp³-hybridized carbons (Fsp3) is 0.444. The van der Waals surface area contributed by atoms with Crippen LogP contribution < -0.4 is 10.1 Å². The van der Waals surface area contributed by atoms with Crippen LogP contribution >= 0.6 is 0 Å². The van der Waals surface area contributed by atoms with Gasteiger partial charge in [-0.25, -0.2) is 9.59 Å². The molecular formula is C27H33NO9. The monoisotopic (exact) mass is 515 g/mol. The second-order valence-electron chi connectivity index (χ2n) is 9.81. The summed E-state index contributed by atoms with van der Waals surface area (Å²) in [6.45, 7) is 5.63. The Kier molecular flexibility index (Phi) is 9.48. The molecule has 2 aromatic carbocycles. The molecule has 10 nitrogen and oxygen atoms in total. The lowest BCUT2D eigenvalue weighted by atomic mass is 9.92. The number of hydrogen-bond acceptors (Lipinski definition) is 7. The van der Waals surface area contributed by atoms with E-state index in [0.29, 0.717) is 24.5 Å². The van der Waals surface area contributed by atoms with Crippen LogP contribution in [0.1, 0.15) is 44.6 Å². The van der Waals surface area contributed by atoms with Crippen molar-refractivity contribution in [3.05, 3.63) is 65.7 Å². The summed E-state index contributed by atoms with van der Waals surface area (Å²) >= 11 is 0. The largest absolute Gasteiger partial charge is 0.486 e. The molecule has 1 unspecified atom stereocenters. The Bertz CT molecular complexity index is 1040. The lowest BCUT2D eigenvalue weighted by molar-refractivity contribution is -0.215. The van der Waals surface area contributed by atoms with Gasteiger partial charge in [-0.2, -0.15) is 0 Å². The van der Waals surface area contributed by atoms with Gasteiger partial charge in [0.05, 0.1) is 19.1 Å². The van der Waals surface area contributed by atoms with Gasteiger partial charge >= 0.3 is 18.0 Å². The minimum Gasteiger partial charge on any atom is -0.486 e. The highest BCUT2D eigenvalue weighted by atomic mass is 16.7. The smallest absolute Gasteiger partial charge is 0.408 e. The van der Waals surface area contributed by atoms with Gasteiger partial charge < -0.3 is 34.5 Å². The molecule has 0 spiro atoms. The highest BCUT2D eigenvalue weighted by Gasteiger charge is 2.30. The van der Waals surface area contributed by atoms with Crippen molar-refractivity contribution >= 4 is 18.0 Å². The topological polar surface area (TPSA) is 141 Å². The highest BCUT2D eigenvalue weighted by Crippen LogP contribution is 2.25. The molecule has 37 heavy (non-hydrogen) atoms. The van der Waals surface area contributed by atoms with Gasteiger partial charge in [0.15, 0.2) is 6.29 Å². The van der Waals surface area contributed by atoms with Gasteiger partial charge in [-0.15, -0.1) is 0 Å². The zero-order chi connectivity index (χ0) is 27.0. The van der Waals surface area contributed by atoms with E-state index >= 15 is 0 Å². The van der Waals surface area contributed by atoms with Gasteiger partial charge in [0.25, 0.3) is 0 Å². The van der Waals surface area contributed by atoms with E-state index in [1.165, 1.54) is 0 Å². The molecule has 2 aromatic rings. The third-order valence-corrected chi connectivity index (χ3v) is 5.51. The Labute approximate surface area is 215 Å². The summed E-state index contributed by atoms with van der Waals surface area (Å²) in [6.07, 6.45) is -1.88. The zero-order valence-corrected chi connectivity index (χ0v) is 21.1. The van der Waals surface area contributed by atoms with Crippen molar-refractivity contribution in [3.8, 4) is 5.75 Å². The Morgan fingerprint density at radius 3 is 2.14 bits per heavy atom. The Morgan fingerprint density at radius 1 is 0.973 bits per heavy atom. The number of carbonyl (C=O) groups excluding carboxylic acids is 1. The number of rotatable bonds is 10. The predicted molar refractivity (Wildman–Crippen MR) is 132 cm³/mol. The molecule has 0 saturated carbocycles. The molecule has 200 valence electrons. The SMILES string of the molecule is CC(C)(C)OC(=O)N[C@H](CC(Cc1ccc(OC2COC(c3ccccc3)OC2)cc1)C(=O)O)C(=O)O. The van der Waals surface area contributed by atoms with Gasteiger partial charge in [0, 0.05) is 5.56 Å². The van der Waals surface area contributed by atoms with Crippen LogP contribution in [0.4, 0.5) is 4.79 Å². The standard InChI is InChI=1S/C27H33NO9/c1-27(2,3)37-26(33)28-22(24(31)32)14-19(23(29)30)13-17-9-11-20(12-10-17)36-21-15-34-25(35-16-21)18-7-5-4-6-8-18/h4-12,19,21-22,25H,13-16H2,1-3H3,(H,28,33)(H,29,30)(H,31,32)/t19?,21?,22-,25?/m1/s1. The Hall–Kier alpha value is -3.63. The number of carboxylic acids is 2. The number of carboxylic acid groups (broad SMARTS) is 2. The Balaban J connectivity index is 1.53. The molecule has 1 amide bonds. The van der Waals surface area contributed by atoms with Crippen molar-refractivity contribution in [2.75, 3.05) is 13.2 Å². The molecule has 2 atom stereocenters. The maximum atomic E-state index is 12.0. The Morgan fingerprint density at radius 2 is 1.59 bits per heavy atom. The van der Waals surface area contributed by atoms with Crippen molar-refractivity contribution in [1.29, 1.82) is 0 Å². The molecule has 1 fully saturated rings. The number of ether oxygens (including phenoxy) is 4. The summed E-state index contributed by atoms with van der Waals surface area (Å²) in [7, 11) is 0. The van der Waals surface area contributed by atoms with Crippen molar-refractivity contribution < 1.29 is 43.5 Å². The molecule has 0 bridgehead atoms. The van der Waals surface area contributed by atoms with E-state index in [4.69, 9.17) is 18.9 Å². The van der Waals surface area contributed by atoms with Crippen LogP contribution in [0.15, 0.2) is 54.6 Å². The van der Waals surface area contributed by atoms with Gasteiger partial charge in [0.1, 0.15) is 23.5 Å². The third kappa shape index (κ3) is 9.07. The van der Waals surface area contributed by atoms with E-state index in [9.17, 15) is 24.6 Å². The van der Waals surface area contributed by atoms with Crippen LogP contribution in [0.2, 0.25) is 0 Å². The lowest BCUT2D eigenvalue weighted by Gasteiger charge is -2.30. The number of amides is 1. The first-order chi connectivity index (χ1) is 17.5. The molecule has 3 N–H and O–H groups in total. The van der Waals surface area contributed by atoms with E-state index in [0.717, 1.165) is 5.56 Å². The van der Waals surface area contributed by atoms with Gasteiger partial charge in [0.2, 0.25) is 0 Å². The molecular weight excluding hydrogens is 482 g/mol. The van der Waals surface area contributed by atoms with Gasteiger partial charge in [-0.05, 0) is 51.3 Å². The van der Waals surface area contributed by atoms with Gasteiger partial charge in [-0.3, -0.25) is 4.79 Å². The number of carbonyl (C=O) groups is 3. The van der Waals surface area contributed by atoms with E-state index in [1.807, 2.05) is 30.3 Å². The number of aliphatic carboxylic acids is 2. The minimum atomic E-state index is -1.41. The quantitative estimate of drug-likeness (QED) is 0.431. The average Bonchev–Trinajstić information content (AvgIpc) is 2.84. The van der Waals surface area contributed by atoms with E-state index in [-0.39, 0.29) is 18.9 Å².